The second-order valence-electron chi connectivity index (χ2n) is 5.87. The fraction of sp³-hybridized carbons (Fsp3) is 0.389. The highest BCUT2D eigenvalue weighted by atomic mass is 16.5. The first kappa shape index (κ1) is 16.2. The molecule has 1 aromatic carbocycles. The van der Waals surface area contributed by atoms with Gasteiger partial charge >= 0.3 is 0 Å². The van der Waals surface area contributed by atoms with Gasteiger partial charge < -0.3 is 14.4 Å². The summed E-state index contributed by atoms with van der Waals surface area (Å²) < 4.78 is 11.1. The van der Waals surface area contributed by atoms with Crippen LogP contribution >= 0.6 is 0 Å². The molecular formula is C18H21N3O3. The maximum absolute atomic E-state index is 12.5. The molecule has 2 aromatic rings. The number of carbonyl (C=O) groups is 1. The van der Waals surface area contributed by atoms with E-state index in [-0.39, 0.29) is 12.0 Å². The number of aromatic nitrogens is 2. The number of methoxy groups -OCH3 is 1. The summed E-state index contributed by atoms with van der Waals surface area (Å²) >= 11 is 0. The molecule has 1 aliphatic rings. The molecule has 1 aliphatic heterocycles. The van der Waals surface area contributed by atoms with E-state index in [4.69, 9.17) is 9.47 Å². The minimum absolute atomic E-state index is 0.0383. The highest BCUT2D eigenvalue weighted by Gasteiger charge is 2.28. The van der Waals surface area contributed by atoms with Crippen molar-refractivity contribution >= 4 is 5.91 Å². The average molecular weight is 327 g/mol. The molecule has 1 saturated heterocycles. The van der Waals surface area contributed by atoms with Crippen LogP contribution in [0, 0.1) is 6.92 Å². The van der Waals surface area contributed by atoms with Gasteiger partial charge in [0.1, 0.15) is 11.9 Å². The Hall–Kier alpha value is -2.63. The van der Waals surface area contributed by atoms with Crippen molar-refractivity contribution in [3.63, 3.8) is 0 Å². The van der Waals surface area contributed by atoms with Crippen LogP contribution in [-0.4, -0.2) is 47.3 Å². The summed E-state index contributed by atoms with van der Waals surface area (Å²) in [7, 11) is 1.62. The van der Waals surface area contributed by atoms with E-state index in [1.807, 2.05) is 48.2 Å². The first-order chi connectivity index (χ1) is 11.7. The van der Waals surface area contributed by atoms with Gasteiger partial charge in [-0.3, -0.25) is 4.79 Å². The third kappa shape index (κ3) is 3.82. The lowest BCUT2D eigenvalue weighted by Crippen LogP contribution is -2.32. The number of hydrogen-bond acceptors (Lipinski definition) is 5. The number of para-hydroxylation sites is 1. The van der Waals surface area contributed by atoms with E-state index in [0.717, 1.165) is 23.4 Å². The smallest absolute Gasteiger partial charge is 0.233 e. The Morgan fingerprint density at radius 3 is 2.83 bits per heavy atom. The Morgan fingerprint density at radius 1 is 1.25 bits per heavy atom. The highest BCUT2D eigenvalue weighted by molar-refractivity contribution is 5.79. The second-order valence-corrected chi connectivity index (χ2v) is 5.87. The van der Waals surface area contributed by atoms with E-state index >= 15 is 0 Å². The van der Waals surface area contributed by atoms with Crippen LogP contribution in [0.2, 0.25) is 0 Å². The highest BCUT2D eigenvalue weighted by Crippen LogP contribution is 2.21. The number of benzene rings is 1. The quantitative estimate of drug-likeness (QED) is 0.840. The fourth-order valence-corrected chi connectivity index (χ4v) is 2.79. The van der Waals surface area contributed by atoms with Gasteiger partial charge in [0.05, 0.1) is 25.8 Å². The van der Waals surface area contributed by atoms with Gasteiger partial charge in [0, 0.05) is 24.6 Å². The van der Waals surface area contributed by atoms with Crippen molar-refractivity contribution < 1.29 is 14.3 Å². The minimum Gasteiger partial charge on any atom is -0.496 e. The van der Waals surface area contributed by atoms with Crippen molar-refractivity contribution in [2.24, 2.45) is 0 Å². The Bertz CT molecular complexity index is 703. The molecule has 126 valence electrons. The lowest BCUT2D eigenvalue weighted by Gasteiger charge is -2.17. The van der Waals surface area contributed by atoms with Gasteiger partial charge in [-0.15, -0.1) is 5.10 Å². The number of hydrogen-bond donors (Lipinski definition) is 0. The molecule has 2 heterocycles. The van der Waals surface area contributed by atoms with Gasteiger partial charge in [0.2, 0.25) is 11.8 Å². The van der Waals surface area contributed by atoms with Crippen molar-refractivity contribution in [2.75, 3.05) is 20.2 Å². The monoisotopic (exact) mass is 327 g/mol. The van der Waals surface area contributed by atoms with Crippen molar-refractivity contribution in [3.05, 3.63) is 47.7 Å². The molecule has 0 N–H and O–H groups in total. The lowest BCUT2D eigenvalue weighted by atomic mass is 10.1. The summed E-state index contributed by atoms with van der Waals surface area (Å²) in [5.74, 6) is 1.33. The molecule has 6 heteroatoms. The van der Waals surface area contributed by atoms with Gasteiger partial charge in [0.25, 0.3) is 0 Å². The zero-order valence-corrected chi connectivity index (χ0v) is 13.9. The van der Waals surface area contributed by atoms with E-state index in [2.05, 4.69) is 10.2 Å². The van der Waals surface area contributed by atoms with Crippen molar-refractivity contribution in [3.8, 4) is 11.6 Å². The molecule has 3 rings (SSSR count). The Kier molecular flexibility index (Phi) is 4.93. The van der Waals surface area contributed by atoms with E-state index in [9.17, 15) is 4.79 Å². The Labute approximate surface area is 141 Å². The van der Waals surface area contributed by atoms with Crippen molar-refractivity contribution in [1.82, 2.24) is 15.1 Å². The molecule has 1 fully saturated rings. The van der Waals surface area contributed by atoms with Gasteiger partial charge in [-0.05, 0) is 19.1 Å². The Balaban J connectivity index is 1.56. The van der Waals surface area contributed by atoms with Crippen LogP contribution in [0.15, 0.2) is 36.4 Å². The van der Waals surface area contributed by atoms with E-state index < -0.39 is 0 Å². The zero-order valence-electron chi connectivity index (χ0n) is 13.9. The third-order valence-corrected chi connectivity index (χ3v) is 4.09. The van der Waals surface area contributed by atoms with Crippen LogP contribution in [0.3, 0.4) is 0 Å². The normalized spacial score (nSPS) is 16.9. The van der Waals surface area contributed by atoms with Crippen LogP contribution < -0.4 is 9.47 Å². The number of carbonyl (C=O) groups excluding carboxylic acids is 1. The maximum Gasteiger partial charge on any atom is 0.233 e. The molecule has 1 unspecified atom stereocenters. The third-order valence-electron chi connectivity index (χ3n) is 4.09. The van der Waals surface area contributed by atoms with Crippen molar-refractivity contribution in [2.45, 2.75) is 25.9 Å². The first-order valence-electron chi connectivity index (χ1n) is 8.02. The summed E-state index contributed by atoms with van der Waals surface area (Å²) in [5.41, 5.74) is 1.75. The predicted molar refractivity (Wildman–Crippen MR) is 89.1 cm³/mol. The van der Waals surface area contributed by atoms with Crippen LogP contribution in [0.4, 0.5) is 0 Å². The van der Waals surface area contributed by atoms with Crippen molar-refractivity contribution in [1.29, 1.82) is 0 Å². The number of likely N-dealkylation sites (tertiary alicyclic amines) is 1. The molecule has 0 radical (unpaired) electrons. The van der Waals surface area contributed by atoms with Gasteiger partial charge in [-0.2, -0.15) is 5.10 Å². The second kappa shape index (κ2) is 7.29. The summed E-state index contributed by atoms with van der Waals surface area (Å²) in [4.78, 5) is 14.3. The van der Waals surface area contributed by atoms with Crippen LogP contribution in [-0.2, 0) is 11.2 Å². The lowest BCUT2D eigenvalue weighted by molar-refractivity contribution is -0.129. The summed E-state index contributed by atoms with van der Waals surface area (Å²) in [6.45, 7) is 3.14. The summed E-state index contributed by atoms with van der Waals surface area (Å²) in [5, 5.41) is 7.99. The average Bonchev–Trinajstić information content (AvgIpc) is 3.06. The topological polar surface area (TPSA) is 64.5 Å². The molecule has 0 bridgehead atoms. The molecule has 6 nitrogen and oxygen atoms in total. The van der Waals surface area contributed by atoms with Gasteiger partial charge in [0.15, 0.2) is 0 Å². The number of amides is 1. The van der Waals surface area contributed by atoms with Crippen LogP contribution in [0.25, 0.3) is 0 Å². The molecule has 1 amide bonds. The zero-order chi connectivity index (χ0) is 16.9. The van der Waals surface area contributed by atoms with Gasteiger partial charge in [-0.25, -0.2) is 0 Å². The number of nitrogens with zero attached hydrogens (tertiary/aromatic N) is 3. The summed E-state index contributed by atoms with van der Waals surface area (Å²) in [6, 6.07) is 11.3. The van der Waals surface area contributed by atoms with Crippen LogP contribution in [0.5, 0.6) is 11.6 Å². The largest absolute Gasteiger partial charge is 0.496 e. The molecule has 0 spiro atoms. The van der Waals surface area contributed by atoms with E-state index in [0.29, 0.717) is 25.4 Å². The Morgan fingerprint density at radius 2 is 2.08 bits per heavy atom. The standard InChI is InChI=1S/C18H21N3O3/c1-13-7-8-17(20-19-13)24-15-9-10-21(12-15)18(22)11-14-5-3-4-6-16(14)23-2/h3-8,15H,9-12H2,1-2H3. The maximum atomic E-state index is 12.5. The van der Waals surface area contributed by atoms with Gasteiger partial charge in [-0.1, -0.05) is 18.2 Å². The molecule has 24 heavy (non-hydrogen) atoms. The number of rotatable bonds is 5. The molecule has 0 saturated carbocycles. The molecule has 1 aromatic heterocycles. The molecule has 1 atom stereocenters. The number of ether oxygens (including phenoxy) is 2. The molecular weight excluding hydrogens is 306 g/mol. The SMILES string of the molecule is COc1ccccc1CC(=O)N1CCC(Oc2ccc(C)nn2)C1. The van der Waals surface area contributed by atoms with E-state index in [1.165, 1.54) is 0 Å². The molecule has 0 aliphatic carbocycles. The predicted octanol–water partition coefficient (Wildman–Crippen LogP) is 2.02. The van der Waals surface area contributed by atoms with Crippen LogP contribution in [0.1, 0.15) is 17.7 Å². The minimum atomic E-state index is -0.0383. The van der Waals surface area contributed by atoms with E-state index in [1.54, 1.807) is 7.11 Å². The summed E-state index contributed by atoms with van der Waals surface area (Å²) in [6.07, 6.45) is 1.09. The number of aryl methyl sites for hydroxylation is 1. The first-order valence-corrected chi connectivity index (χ1v) is 8.02. The fourth-order valence-electron chi connectivity index (χ4n) is 2.79.